The topological polar surface area (TPSA) is 90.5 Å². The number of amides is 4. The third-order valence-electron chi connectivity index (χ3n) is 3.57. The molecule has 0 aliphatic heterocycles. The van der Waals surface area contributed by atoms with Crippen molar-refractivity contribution in [2.75, 3.05) is 26.0 Å². The minimum atomic E-state index is -0.612. The van der Waals surface area contributed by atoms with Crippen LogP contribution in [-0.4, -0.2) is 49.4 Å². The van der Waals surface area contributed by atoms with Crippen LogP contribution in [0.4, 0.5) is 10.5 Å². The van der Waals surface area contributed by atoms with Gasteiger partial charge in [-0.05, 0) is 32.0 Å². The Balaban J connectivity index is 2.59. The second-order valence-electron chi connectivity index (χ2n) is 5.22. The first kappa shape index (κ1) is 18.6. The predicted octanol–water partition coefficient (Wildman–Crippen LogP) is 0.963. The SMILES string of the molecule is CCc1ccccc1NC(=O)CN(C)C(C)C(=O)NC(=O)NC. The van der Waals surface area contributed by atoms with E-state index >= 15 is 0 Å². The molecule has 1 unspecified atom stereocenters. The van der Waals surface area contributed by atoms with Crippen molar-refractivity contribution in [2.24, 2.45) is 0 Å². The molecule has 23 heavy (non-hydrogen) atoms. The maximum absolute atomic E-state index is 12.1. The molecule has 7 nitrogen and oxygen atoms in total. The van der Waals surface area contributed by atoms with Gasteiger partial charge in [-0.2, -0.15) is 0 Å². The zero-order valence-corrected chi connectivity index (χ0v) is 14.0. The fourth-order valence-corrected chi connectivity index (χ4v) is 1.98. The summed E-state index contributed by atoms with van der Waals surface area (Å²) in [7, 11) is 3.08. The Kier molecular flexibility index (Phi) is 7.21. The van der Waals surface area contributed by atoms with Crippen molar-refractivity contribution in [1.82, 2.24) is 15.5 Å². The molecule has 126 valence electrons. The molecule has 0 saturated carbocycles. The molecule has 0 bridgehead atoms. The lowest BCUT2D eigenvalue weighted by Crippen LogP contribution is -2.49. The van der Waals surface area contributed by atoms with Crippen LogP contribution in [0, 0.1) is 0 Å². The summed E-state index contributed by atoms with van der Waals surface area (Å²) < 4.78 is 0. The third-order valence-corrected chi connectivity index (χ3v) is 3.57. The molecule has 0 aliphatic carbocycles. The fraction of sp³-hybridized carbons (Fsp3) is 0.438. The normalized spacial score (nSPS) is 11.7. The Hall–Kier alpha value is -2.41. The van der Waals surface area contributed by atoms with Crippen LogP contribution in [0.25, 0.3) is 0 Å². The number of hydrogen-bond acceptors (Lipinski definition) is 4. The number of nitrogens with one attached hydrogen (secondary N) is 3. The first-order valence-electron chi connectivity index (χ1n) is 7.49. The highest BCUT2D eigenvalue weighted by atomic mass is 16.2. The molecule has 0 spiro atoms. The van der Waals surface area contributed by atoms with Gasteiger partial charge >= 0.3 is 6.03 Å². The summed E-state index contributed by atoms with van der Waals surface area (Å²) in [6, 6.07) is 6.40. The van der Waals surface area contributed by atoms with Crippen LogP contribution in [0.2, 0.25) is 0 Å². The summed E-state index contributed by atoms with van der Waals surface area (Å²) in [5.74, 6) is -0.679. The Morgan fingerprint density at radius 3 is 2.48 bits per heavy atom. The van der Waals surface area contributed by atoms with Gasteiger partial charge in [0.1, 0.15) is 0 Å². The number of urea groups is 1. The van der Waals surface area contributed by atoms with E-state index in [1.807, 2.05) is 31.2 Å². The van der Waals surface area contributed by atoms with Crippen LogP contribution in [0.3, 0.4) is 0 Å². The molecular formula is C16H24N4O3. The van der Waals surface area contributed by atoms with Gasteiger partial charge in [0.25, 0.3) is 0 Å². The number of carbonyl (C=O) groups excluding carboxylic acids is 3. The van der Waals surface area contributed by atoms with E-state index in [0.29, 0.717) is 0 Å². The number of hydrogen-bond donors (Lipinski definition) is 3. The molecule has 1 rings (SSSR count). The number of anilines is 1. The number of carbonyl (C=O) groups is 3. The van der Waals surface area contributed by atoms with Crippen LogP contribution in [-0.2, 0) is 16.0 Å². The average Bonchev–Trinajstić information content (AvgIpc) is 2.54. The van der Waals surface area contributed by atoms with E-state index in [0.717, 1.165) is 17.7 Å². The second kappa shape index (κ2) is 8.89. The molecule has 7 heteroatoms. The van der Waals surface area contributed by atoms with E-state index in [9.17, 15) is 14.4 Å². The molecule has 0 radical (unpaired) electrons. The molecule has 1 aromatic carbocycles. The lowest BCUT2D eigenvalue weighted by molar-refractivity contribution is -0.125. The number of imide groups is 1. The lowest BCUT2D eigenvalue weighted by atomic mass is 10.1. The highest BCUT2D eigenvalue weighted by molar-refractivity contribution is 5.97. The quantitative estimate of drug-likeness (QED) is 0.728. The molecule has 3 N–H and O–H groups in total. The molecule has 1 aromatic rings. The minimum Gasteiger partial charge on any atom is -0.341 e. The summed E-state index contributed by atoms with van der Waals surface area (Å²) in [4.78, 5) is 36.7. The van der Waals surface area contributed by atoms with Crippen LogP contribution >= 0.6 is 0 Å². The maximum Gasteiger partial charge on any atom is 0.321 e. The Bertz CT molecular complexity index is 574. The van der Waals surface area contributed by atoms with Crippen molar-refractivity contribution in [3.05, 3.63) is 29.8 Å². The lowest BCUT2D eigenvalue weighted by Gasteiger charge is -2.23. The molecule has 4 amide bonds. The molecule has 1 atom stereocenters. The number of likely N-dealkylation sites (N-methyl/N-ethyl adjacent to an activating group) is 1. The van der Waals surface area contributed by atoms with Gasteiger partial charge in [0.05, 0.1) is 12.6 Å². The summed E-state index contributed by atoms with van der Waals surface area (Å²) in [6.07, 6.45) is 0.817. The maximum atomic E-state index is 12.1. The standard InChI is InChI=1S/C16H24N4O3/c1-5-12-8-6-7-9-13(12)18-14(21)10-20(4)11(2)15(22)19-16(23)17-3/h6-9,11H,5,10H2,1-4H3,(H,18,21)(H2,17,19,22,23). The van der Waals surface area contributed by atoms with Gasteiger partial charge in [0.2, 0.25) is 11.8 Å². The van der Waals surface area contributed by atoms with Crippen LogP contribution in [0.5, 0.6) is 0 Å². The largest absolute Gasteiger partial charge is 0.341 e. The Morgan fingerprint density at radius 2 is 1.87 bits per heavy atom. The summed E-state index contributed by atoms with van der Waals surface area (Å²) >= 11 is 0. The van der Waals surface area contributed by atoms with Crippen molar-refractivity contribution < 1.29 is 14.4 Å². The average molecular weight is 320 g/mol. The Labute approximate surface area is 136 Å². The van der Waals surface area contributed by atoms with Gasteiger partial charge in [-0.25, -0.2) is 4.79 Å². The van der Waals surface area contributed by atoms with Gasteiger partial charge in [0.15, 0.2) is 0 Å². The molecule has 0 fully saturated rings. The molecule has 0 aliphatic rings. The number of benzene rings is 1. The summed E-state index contributed by atoms with van der Waals surface area (Å²) in [5, 5.41) is 7.34. The smallest absolute Gasteiger partial charge is 0.321 e. The number of nitrogens with zero attached hydrogens (tertiary/aromatic N) is 1. The van der Waals surface area contributed by atoms with Crippen molar-refractivity contribution in [1.29, 1.82) is 0 Å². The first-order chi connectivity index (χ1) is 10.9. The van der Waals surface area contributed by atoms with Gasteiger partial charge in [-0.15, -0.1) is 0 Å². The monoisotopic (exact) mass is 320 g/mol. The highest BCUT2D eigenvalue weighted by Gasteiger charge is 2.21. The zero-order chi connectivity index (χ0) is 17.4. The first-order valence-corrected chi connectivity index (χ1v) is 7.49. The van der Waals surface area contributed by atoms with E-state index < -0.39 is 18.0 Å². The van der Waals surface area contributed by atoms with Crippen molar-refractivity contribution in [3.63, 3.8) is 0 Å². The Morgan fingerprint density at radius 1 is 1.22 bits per heavy atom. The van der Waals surface area contributed by atoms with E-state index in [1.165, 1.54) is 7.05 Å². The van der Waals surface area contributed by atoms with E-state index in [2.05, 4.69) is 16.0 Å². The number of rotatable bonds is 6. The van der Waals surface area contributed by atoms with Crippen LogP contribution in [0.15, 0.2) is 24.3 Å². The molecule has 0 saturated heterocycles. The number of aryl methyl sites for hydroxylation is 1. The molecule has 0 heterocycles. The van der Waals surface area contributed by atoms with E-state index in [4.69, 9.17) is 0 Å². The van der Waals surface area contributed by atoms with Gasteiger partial charge in [0, 0.05) is 12.7 Å². The van der Waals surface area contributed by atoms with E-state index in [-0.39, 0.29) is 12.5 Å². The molecule has 0 aromatic heterocycles. The van der Waals surface area contributed by atoms with Crippen LogP contribution in [0.1, 0.15) is 19.4 Å². The van der Waals surface area contributed by atoms with Gasteiger partial charge in [-0.3, -0.25) is 19.8 Å². The van der Waals surface area contributed by atoms with Crippen LogP contribution < -0.4 is 16.0 Å². The summed E-state index contributed by atoms with van der Waals surface area (Å²) in [6.45, 7) is 3.69. The highest BCUT2D eigenvalue weighted by Crippen LogP contribution is 2.15. The third kappa shape index (κ3) is 5.71. The molecular weight excluding hydrogens is 296 g/mol. The number of para-hydroxylation sites is 1. The van der Waals surface area contributed by atoms with Crippen molar-refractivity contribution in [3.8, 4) is 0 Å². The fourth-order valence-electron chi connectivity index (χ4n) is 1.98. The van der Waals surface area contributed by atoms with Crippen molar-refractivity contribution in [2.45, 2.75) is 26.3 Å². The second-order valence-corrected chi connectivity index (χ2v) is 5.22. The van der Waals surface area contributed by atoms with Crippen molar-refractivity contribution >= 4 is 23.5 Å². The zero-order valence-electron chi connectivity index (χ0n) is 14.0. The summed E-state index contributed by atoms with van der Waals surface area (Å²) in [5.41, 5.74) is 1.82. The minimum absolute atomic E-state index is 0.0420. The van der Waals surface area contributed by atoms with E-state index in [1.54, 1.807) is 18.9 Å². The predicted molar refractivity (Wildman–Crippen MR) is 89.1 cm³/mol. The van der Waals surface area contributed by atoms with Gasteiger partial charge in [-0.1, -0.05) is 25.1 Å². The van der Waals surface area contributed by atoms with Gasteiger partial charge < -0.3 is 10.6 Å².